The third-order valence-electron chi connectivity index (χ3n) is 4.76. The number of nitrogens with zero attached hydrogens (tertiary/aromatic N) is 1. The van der Waals surface area contributed by atoms with E-state index in [4.69, 9.17) is 4.74 Å². The van der Waals surface area contributed by atoms with E-state index in [9.17, 15) is 5.11 Å². The molecule has 0 fully saturated rings. The Hall–Kier alpha value is -3.53. The Labute approximate surface area is 170 Å². The first kappa shape index (κ1) is 18.8. The molecule has 4 heteroatoms. The fourth-order valence-electron chi connectivity index (χ4n) is 3.43. The molecule has 29 heavy (non-hydrogen) atoms. The zero-order valence-electron chi connectivity index (χ0n) is 16.5. The number of rotatable bonds is 6. The molecule has 0 spiro atoms. The zero-order valence-corrected chi connectivity index (χ0v) is 16.5. The van der Waals surface area contributed by atoms with Crippen LogP contribution < -0.4 is 10.1 Å². The molecule has 0 saturated carbocycles. The van der Waals surface area contributed by atoms with Gasteiger partial charge in [-0.25, -0.2) is 0 Å². The summed E-state index contributed by atoms with van der Waals surface area (Å²) in [4.78, 5) is 4.37. The number of fused-ring (bicyclic) bond motifs is 1. The topological polar surface area (TPSA) is 54.4 Å². The van der Waals surface area contributed by atoms with Crippen LogP contribution in [0.4, 0.5) is 5.69 Å². The Kier molecular flexibility index (Phi) is 5.34. The Morgan fingerprint density at radius 3 is 2.34 bits per heavy atom. The predicted molar refractivity (Wildman–Crippen MR) is 118 cm³/mol. The van der Waals surface area contributed by atoms with Crippen LogP contribution in [0.2, 0.25) is 0 Å². The van der Waals surface area contributed by atoms with Gasteiger partial charge in [0.2, 0.25) is 0 Å². The number of aromatic nitrogens is 1. The minimum Gasteiger partial charge on any atom is -0.505 e. The van der Waals surface area contributed by atoms with Gasteiger partial charge in [-0.2, -0.15) is 0 Å². The standard InChI is InChI=1S/C25H24N2O2/c1-17(2)29-21-13-11-20(12-14-21)27-23(18-7-4-3-5-8-18)22-15-10-19-9-6-16-26-24(19)25(22)28/h3-17,23,27-28H,1-2H3. The summed E-state index contributed by atoms with van der Waals surface area (Å²) in [5.41, 5.74) is 3.38. The summed E-state index contributed by atoms with van der Waals surface area (Å²) >= 11 is 0. The first-order chi connectivity index (χ1) is 14.1. The van der Waals surface area contributed by atoms with Crippen molar-refractivity contribution in [2.75, 3.05) is 5.32 Å². The second kappa shape index (κ2) is 8.23. The third kappa shape index (κ3) is 4.16. The van der Waals surface area contributed by atoms with Gasteiger partial charge in [0.05, 0.1) is 12.1 Å². The molecule has 1 heterocycles. The van der Waals surface area contributed by atoms with Crippen LogP contribution in [0.15, 0.2) is 85.1 Å². The molecule has 0 amide bonds. The molecule has 4 rings (SSSR count). The number of ether oxygens (including phenoxy) is 1. The Bertz CT molecular complexity index is 1090. The molecule has 0 aliphatic rings. The number of hydrogen-bond acceptors (Lipinski definition) is 4. The maximum absolute atomic E-state index is 11.0. The van der Waals surface area contributed by atoms with Crippen molar-refractivity contribution < 1.29 is 9.84 Å². The highest BCUT2D eigenvalue weighted by Crippen LogP contribution is 2.36. The van der Waals surface area contributed by atoms with Gasteiger partial charge in [0.1, 0.15) is 17.0 Å². The molecular weight excluding hydrogens is 360 g/mol. The molecule has 4 nitrogen and oxygen atoms in total. The van der Waals surface area contributed by atoms with Crippen molar-refractivity contribution >= 4 is 16.6 Å². The smallest absolute Gasteiger partial charge is 0.147 e. The molecule has 3 aromatic carbocycles. The summed E-state index contributed by atoms with van der Waals surface area (Å²) in [6.45, 7) is 4.02. The van der Waals surface area contributed by atoms with Gasteiger partial charge < -0.3 is 15.2 Å². The van der Waals surface area contributed by atoms with Crippen molar-refractivity contribution in [1.29, 1.82) is 0 Å². The van der Waals surface area contributed by atoms with Gasteiger partial charge in [-0.3, -0.25) is 4.98 Å². The van der Waals surface area contributed by atoms with Crippen molar-refractivity contribution in [1.82, 2.24) is 4.98 Å². The lowest BCUT2D eigenvalue weighted by molar-refractivity contribution is 0.242. The van der Waals surface area contributed by atoms with E-state index in [-0.39, 0.29) is 17.9 Å². The monoisotopic (exact) mass is 384 g/mol. The van der Waals surface area contributed by atoms with E-state index < -0.39 is 0 Å². The van der Waals surface area contributed by atoms with Crippen molar-refractivity contribution in [3.8, 4) is 11.5 Å². The second-order valence-corrected chi connectivity index (χ2v) is 7.26. The van der Waals surface area contributed by atoms with Gasteiger partial charge in [0.25, 0.3) is 0 Å². The number of phenolic OH excluding ortho intramolecular Hbond substituents is 1. The van der Waals surface area contributed by atoms with Crippen LogP contribution in [0.3, 0.4) is 0 Å². The molecule has 1 atom stereocenters. The molecule has 0 saturated heterocycles. The molecule has 146 valence electrons. The zero-order chi connectivity index (χ0) is 20.2. The van der Waals surface area contributed by atoms with Gasteiger partial charge in [-0.05, 0) is 49.7 Å². The highest BCUT2D eigenvalue weighted by atomic mass is 16.5. The van der Waals surface area contributed by atoms with E-state index in [2.05, 4.69) is 22.4 Å². The minimum absolute atomic E-state index is 0.132. The highest BCUT2D eigenvalue weighted by molar-refractivity contribution is 5.86. The van der Waals surface area contributed by atoms with Gasteiger partial charge in [-0.1, -0.05) is 48.5 Å². The Morgan fingerprint density at radius 1 is 0.862 bits per heavy atom. The van der Waals surface area contributed by atoms with Crippen LogP contribution in [-0.2, 0) is 0 Å². The number of phenols is 1. The fraction of sp³-hybridized carbons (Fsp3) is 0.160. The van der Waals surface area contributed by atoms with E-state index in [1.165, 1.54) is 0 Å². The normalized spacial score (nSPS) is 12.1. The molecule has 1 unspecified atom stereocenters. The summed E-state index contributed by atoms with van der Waals surface area (Å²) in [5, 5.41) is 15.4. The van der Waals surface area contributed by atoms with Crippen LogP contribution in [0.1, 0.15) is 31.0 Å². The average molecular weight is 384 g/mol. The predicted octanol–water partition coefficient (Wildman–Crippen LogP) is 5.93. The quantitative estimate of drug-likeness (QED) is 0.433. The number of nitrogens with one attached hydrogen (secondary N) is 1. The summed E-state index contributed by atoms with van der Waals surface area (Å²) < 4.78 is 5.73. The van der Waals surface area contributed by atoms with Crippen LogP contribution in [0, 0.1) is 0 Å². The molecule has 0 aliphatic heterocycles. The van der Waals surface area contributed by atoms with Gasteiger partial charge in [-0.15, -0.1) is 0 Å². The Balaban J connectivity index is 1.73. The van der Waals surface area contributed by atoms with E-state index in [1.807, 2.05) is 80.6 Å². The summed E-state index contributed by atoms with van der Waals surface area (Å²) in [6, 6.07) is 25.5. The average Bonchev–Trinajstić information content (AvgIpc) is 2.74. The SMILES string of the molecule is CC(C)Oc1ccc(NC(c2ccccc2)c2ccc3cccnc3c2O)cc1. The summed E-state index contributed by atoms with van der Waals surface area (Å²) in [5.74, 6) is 1.03. The summed E-state index contributed by atoms with van der Waals surface area (Å²) in [6.07, 6.45) is 1.83. The minimum atomic E-state index is -0.223. The van der Waals surface area contributed by atoms with E-state index >= 15 is 0 Å². The molecule has 0 bridgehead atoms. The molecule has 0 aliphatic carbocycles. The lowest BCUT2D eigenvalue weighted by atomic mass is 9.96. The van der Waals surface area contributed by atoms with Crippen LogP contribution in [0.5, 0.6) is 11.5 Å². The van der Waals surface area contributed by atoms with Crippen LogP contribution in [-0.4, -0.2) is 16.2 Å². The van der Waals surface area contributed by atoms with E-state index in [0.717, 1.165) is 28.0 Å². The van der Waals surface area contributed by atoms with E-state index in [1.54, 1.807) is 6.20 Å². The van der Waals surface area contributed by atoms with Crippen LogP contribution in [0.25, 0.3) is 10.9 Å². The fourth-order valence-corrected chi connectivity index (χ4v) is 3.43. The largest absolute Gasteiger partial charge is 0.505 e. The second-order valence-electron chi connectivity index (χ2n) is 7.26. The van der Waals surface area contributed by atoms with Crippen molar-refractivity contribution in [2.24, 2.45) is 0 Å². The first-order valence-corrected chi connectivity index (χ1v) is 9.76. The number of pyridine rings is 1. The maximum Gasteiger partial charge on any atom is 0.147 e. The van der Waals surface area contributed by atoms with Gasteiger partial charge in [0, 0.05) is 22.8 Å². The molecule has 4 aromatic rings. The number of benzene rings is 3. The molecule has 2 N–H and O–H groups in total. The van der Waals surface area contributed by atoms with Crippen molar-refractivity contribution in [3.63, 3.8) is 0 Å². The third-order valence-corrected chi connectivity index (χ3v) is 4.76. The van der Waals surface area contributed by atoms with Gasteiger partial charge >= 0.3 is 0 Å². The number of anilines is 1. The van der Waals surface area contributed by atoms with Crippen LogP contribution >= 0.6 is 0 Å². The maximum atomic E-state index is 11.0. The molecule has 1 aromatic heterocycles. The van der Waals surface area contributed by atoms with Gasteiger partial charge in [0.15, 0.2) is 0 Å². The number of hydrogen-bond donors (Lipinski definition) is 2. The lowest BCUT2D eigenvalue weighted by Crippen LogP contribution is -2.13. The van der Waals surface area contributed by atoms with Crippen molar-refractivity contribution in [2.45, 2.75) is 26.0 Å². The first-order valence-electron chi connectivity index (χ1n) is 9.76. The highest BCUT2D eigenvalue weighted by Gasteiger charge is 2.19. The van der Waals surface area contributed by atoms with E-state index in [0.29, 0.717) is 5.52 Å². The molecule has 0 radical (unpaired) electrons. The Morgan fingerprint density at radius 2 is 1.62 bits per heavy atom. The molecular formula is C25H24N2O2. The van der Waals surface area contributed by atoms with Crippen molar-refractivity contribution in [3.05, 3.63) is 96.2 Å². The lowest BCUT2D eigenvalue weighted by Gasteiger charge is -2.23. The number of aromatic hydroxyl groups is 1. The summed E-state index contributed by atoms with van der Waals surface area (Å²) in [7, 11) is 0.